The molecule has 0 aromatic heterocycles. The molecule has 0 aromatic carbocycles. The van der Waals surface area contributed by atoms with Crippen LogP contribution in [0.15, 0.2) is 4.99 Å². The van der Waals surface area contributed by atoms with Crippen LogP contribution in [0.2, 0.25) is 0 Å². The van der Waals surface area contributed by atoms with Crippen molar-refractivity contribution in [1.82, 2.24) is 15.1 Å². The van der Waals surface area contributed by atoms with Crippen LogP contribution in [0.5, 0.6) is 0 Å². The summed E-state index contributed by atoms with van der Waals surface area (Å²) in [5.74, 6) is 1.45. The highest BCUT2D eigenvalue weighted by molar-refractivity contribution is 14.0. The van der Waals surface area contributed by atoms with Crippen LogP contribution in [-0.2, 0) is 14.3 Å². The number of guanidine groups is 1. The highest BCUT2D eigenvalue weighted by Crippen LogP contribution is 2.19. The molecule has 1 unspecified atom stereocenters. The largest absolute Gasteiger partial charge is 0.469 e. The maximum absolute atomic E-state index is 11.7. The summed E-state index contributed by atoms with van der Waals surface area (Å²) in [7, 11) is 1.47. The second kappa shape index (κ2) is 12.8. The number of ether oxygens (including phenoxy) is 2. The molecule has 2 rings (SSSR count). The van der Waals surface area contributed by atoms with Crippen molar-refractivity contribution < 1.29 is 14.3 Å². The Balaban J connectivity index is 0.00000364. The van der Waals surface area contributed by atoms with E-state index in [1.807, 2.05) is 0 Å². The molecule has 0 aliphatic carbocycles. The molecular weight excluding hydrogens is 459 g/mol. The van der Waals surface area contributed by atoms with Crippen molar-refractivity contribution in [2.24, 2.45) is 16.8 Å². The summed E-state index contributed by atoms with van der Waals surface area (Å²) in [5, 5.41) is 3.42. The standard InChI is InChI=1S/C19H36N4O3.HI/c1-5-20-19(23-8-6-16(7-9-23)18(24)25-4)21-14-17(15(2)3)22-10-12-26-13-11-22;/h15-17H,5-14H2,1-4H3,(H,20,21);1H. The minimum Gasteiger partial charge on any atom is -0.469 e. The fourth-order valence-electron chi connectivity index (χ4n) is 3.76. The van der Waals surface area contributed by atoms with Crippen LogP contribution in [-0.4, -0.2) is 87.4 Å². The minimum absolute atomic E-state index is 0. The number of piperidine rings is 1. The first kappa shape index (κ1) is 24.4. The lowest BCUT2D eigenvalue weighted by Gasteiger charge is -2.37. The van der Waals surface area contributed by atoms with E-state index >= 15 is 0 Å². The molecular formula is C19H37IN4O3. The van der Waals surface area contributed by atoms with Gasteiger partial charge in [0.15, 0.2) is 5.96 Å². The van der Waals surface area contributed by atoms with E-state index in [1.165, 1.54) is 7.11 Å². The Kier molecular flexibility index (Phi) is 11.6. The van der Waals surface area contributed by atoms with Crippen LogP contribution in [0, 0.1) is 11.8 Å². The fourth-order valence-corrected chi connectivity index (χ4v) is 3.76. The molecule has 1 N–H and O–H groups in total. The summed E-state index contributed by atoms with van der Waals surface area (Å²) >= 11 is 0. The fraction of sp³-hybridized carbons (Fsp3) is 0.895. The lowest BCUT2D eigenvalue weighted by molar-refractivity contribution is -0.146. The van der Waals surface area contributed by atoms with E-state index in [0.717, 1.165) is 71.3 Å². The number of nitrogens with zero attached hydrogens (tertiary/aromatic N) is 3. The summed E-state index contributed by atoms with van der Waals surface area (Å²) in [5.41, 5.74) is 0. The molecule has 2 fully saturated rings. The van der Waals surface area contributed by atoms with Gasteiger partial charge in [-0.2, -0.15) is 0 Å². The second-order valence-electron chi connectivity index (χ2n) is 7.44. The Morgan fingerprint density at radius 1 is 1.22 bits per heavy atom. The van der Waals surface area contributed by atoms with Crippen LogP contribution in [0.1, 0.15) is 33.6 Å². The van der Waals surface area contributed by atoms with E-state index in [0.29, 0.717) is 12.0 Å². The molecule has 0 spiro atoms. The molecule has 0 saturated carbocycles. The van der Waals surface area contributed by atoms with Crippen molar-refractivity contribution in [2.45, 2.75) is 39.7 Å². The first-order chi connectivity index (χ1) is 12.6. The van der Waals surface area contributed by atoms with Crippen molar-refractivity contribution in [2.75, 3.05) is 59.6 Å². The minimum atomic E-state index is -0.0845. The Hall–Kier alpha value is -0.610. The summed E-state index contributed by atoms with van der Waals surface area (Å²) in [6.07, 6.45) is 1.66. The third-order valence-corrected chi connectivity index (χ3v) is 5.38. The van der Waals surface area contributed by atoms with Crippen LogP contribution >= 0.6 is 24.0 Å². The quantitative estimate of drug-likeness (QED) is 0.262. The molecule has 158 valence electrons. The lowest BCUT2D eigenvalue weighted by atomic mass is 9.97. The van der Waals surface area contributed by atoms with Gasteiger partial charge in [0.1, 0.15) is 0 Å². The molecule has 2 aliphatic rings. The average molecular weight is 496 g/mol. The average Bonchev–Trinajstić information content (AvgIpc) is 2.67. The van der Waals surface area contributed by atoms with Gasteiger partial charge in [-0.15, -0.1) is 24.0 Å². The first-order valence-corrected chi connectivity index (χ1v) is 9.99. The van der Waals surface area contributed by atoms with E-state index in [4.69, 9.17) is 14.5 Å². The number of carbonyl (C=O) groups excluding carboxylic acids is 1. The van der Waals surface area contributed by atoms with E-state index in [2.05, 4.69) is 35.9 Å². The van der Waals surface area contributed by atoms with Gasteiger partial charge in [0.2, 0.25) is 0 Å². The van der Waals surface area contributed by atoms with Crippen molar-refractivity contribution in [3.05, 3.63) is 0 Å². The third-order valence-electron chi connectivity index (χ3n) is 5.38. The van der Waals surface area contributed by atoms with Crippen LogP contribution in [0.3, 0.4) is 0 Å². The highest BCUT2D eigenvalue weighted by Gasteiger charge is 2.28. The lowest BCUT2D eigenvalue weighted by Crippen LogP contribution is -2.49. The predicted molar refractivity (Wildman–Crippen MR) is 119 cm³/mol. The van der Waals surface area contributed by atoms with E-state index < -0.39 is 0 Å². The maximum atomic E-state index is 11.7. The number of hydrogen-bond acceptors (Lipinski definition) is 5. The van der Waals surface area contributed by atoms with E-state index in [-0.39, 0.29) is 35.9 Å². The zero-order chi connectivity index (χ0) is 18.9. The molecule has 2 heterocycles. The molecule has 2 saturated heterocycles. The van der Waals surface area contributed by atoms with Gasteiger partial charge in [0.05, 0.1) is 32.8 Å². The number of aliphatic imine (C=N–C) groups is 1. The van der Waals surface area contributed by atoms with Crippen molar-refractivity contribution in [3.8, 4) is 0 Å². The number of esters is 1. The zero-order valence-corrected chi connectivity index (χ0v) is 19.6. The van der Waals surface area contributed by atoms with Crippen molar-refractivity contribution >= 4 is 35.9 Å². The number of carbonyl (C=O) groups is 1. The van der Waals surface area contributed by atoms with Gasteiger partial charge in [-0.1, -0.05) is 13.8 Å². The second-order valence-corrected chi connectivity index (χ2v) is 7.44. The van der Waals surface area contributed by atoms with E-state index in [9.17, 15) is 4.79 Å². The number of rotatable bonds is 6. The zero-order valence-electron chi connectivity index (χ0n) is 17.3. The van der Waals surface area contributed by atoms with Crippen LogP contribution < -0.4 is 5.32 Å². The summed E-state index contributed by atoms with van der Waals surface area (Å²) < 4.78 is 10.4. The number of methoxy groups -OCH3 is 1. The summed E-state index contributed by atoms with van der Waals surface area (Å²) in [4.78, 5) is 21.5. The molecule has 1 atom stereocenters. The van der Waals surface area contributed by atoms with Crippen molar-refractivity contribution in [3.63, 3.8) is 0 Å². The smallest absolute Gasteiger partial charge is 0.308 e. The van der Waals surface area contributed by atoms with Gasteiger partial charge < -0.3 is 19.7 Å². The summed E-state index contributed by atoms with van der Waals surface area (Å²) in [6, 6.07) is 0.431. The molecule has 0 bridgehead atoms. The summed E-state index contributed by atoms with van der Waals surface area (Å²) in [6.45, 7) is 13.6. The van der Waals surface area contributed by atoms with Crippen LogP contribution in [0.4, 0.5) is 0 Å². The Labute approximate surface area is 181 Å². The Bertz CT molecular complexity index is 462. The van der Waals surface area contributed by atoms with Crippen molar-refractivity contribution in [1.29, 1.82) is 0 Å². The van der Waals surface area contributed by atoms with Gasteiger partial charge in [-0.05, 0) is 25.7 Å². The molecule has 0 amide bonds. The highest BCUT2D eigenvalue weighted by atomic mass is 127. The topological polar surface area (TPSA) is 66.4 Å². The third kappa shape index (κ3) is 7.38. The molecule has 0 aromatic rings. The van der Waals surface area contributed by atoms with Gasteiger partial charge in [-0.25, -0.2) is 0 Å². The maximum Gasteiger partial charge on any atom is 0.308 e. The van der Waals surface area contributed by atoms with Crippen LogP contribution in [0.25, 0.3) is 0 Å². The Morgan fingerprint density at radius 2 is 1.85 bits per heavy atom. The first-order valence-electron chi connectivity index (χ1n) is 9.99. The molecule has 27 heavy (non-hydrogen) atoms. The normalized spacial score (nSPS) is 20.9. The number of halogens is 1. The monoisotopic (exact) mass is 496 g/mol. The molecule has 0 radical (unpaired) electrons. The number of morpholine rings is 1. The Morgan fingerprint density at radius 3 is 2.37 bits per heavy atom. The number of likely N-dealkylation sites (tertiary alicyclic amines) is 1. The van der Waals surface area contributed by atoms with Gasteiger partial charge in [0, 0.05) is 38.8 Å². The number of nitrogens with one attached hydrogen (secondary N) is 1. The number of hydrogen-bond donors (Lipinski definition) is 1. The van der Waals surface area contributed by atoms with E-state index in [1.54, 1.807) is 0 Å². The van der Waals surface area contributed by atoms with Gasteiger partial charge >= 0.3 is 5.97 Å². The molecule has 2 aliphatic heterocycles. The molecule has 8 heteroatoms. The van der Waals surface area contributed by atoms with Gasteiger partial charge in [0.25, 0.3) is 0 Å². The molecule has 7 nitrogen and oxygen atoms in total. The SMILES string of the molecule is CCNC(=NCC(C(C)C)N1CCOCC1)N1CCC(C(=O)OC)CC1.I. The van der Waals surface area contributed by atoms with Gasteiger partial charge in [-0.3, -0.25) is 14.7 Å². The predicted octanol–water partition coefficient (Wildman–Crippen LogP) is 1.81.